The molecular formula is C11H22N2O2S. The number of aliphatic hydroxyl groups excluding tert-OH is 1. The van der Waals surface area contributed by atoms with E-state index in [2.05, 4.69) is 17.5 Å². The summed E-state index contributed by atoms with van der Waals surface area (Å²) in [6.07, 6.45) is -0.861. The van der Waals surface area contributed by atoms with E-state index in [0.29, 0.717) is 13.1 Å². The molecule has 16 heavy (non-hydrogen) atoms. The highest BCUT2D eigenvalue weighted by Gasteiger charge is 2.28. The Balaban J connectivity index is 2.45. The van der Waals surface area contributed by atoms with Crippen molar-refractivity contribution >= 4 is 18.5 Å². The van der Waals surface area contributed by atoms with Crippen molar-refractivity contribution < 1.29 is 9.90 Å². The number of amides is 1. The van der Waals surface area contributed by atoms with Gasteiger partial charge < -0.3 is 10.0 Å². The molecule has 1 aliphatic heterocycles. The maximum Gasteiger partial charge on any atom is 0.251 e. The number of hydrogen-bond donors (Lipinski definition) is 2. The van der Waals surface area contributed by atoms with E-state index in [0.717, 1.165) is 13.1 Å². The van der Waals surface area contributed by atoms with Crippen LogP contribution in [0.2, 0.25) is 0 Å². The van der Waals surface area contributed by atoms with Crippen molar-refractivity contribution in [3.63, 3.8) is 0 Å². The molecule has 0 spiro atoms. The van der Waals surface area contributed by atoms with Gasteiger partial charge in [-0.25, -0.2) is 0 Å². The zero-order valence-corrected chi connectivity index (χ0v) is 11.2. The molecule has 2 atom stereocenters. The molecule has 4 nitrogen and oxygen atoms in total. The van der Waals surface area contributed by atoms with E-state index >= 15 is 0 Å². The van der Waals surface area contributed by atoms with E-state index in [1.807, 2.05) is 20.8 Å². The zero-order valence-electron chi connectivity index (χ0n) is 10.3. The molecule has 94 valence electrons. The third kappa shape index (κ3) is 3.37. The first-order valence-electron chi connectivity index (χ1n) is 5.82. The molecule has 1 N–H and O–H groups in total. The van der Waals surface area contributed by atoms with Gasteiger partial charge in [-0.1, -0.05) is 13.8 Å². The Labute approximate surface area is 103 Å². The van der Waals surface area contributed by atoms with Crippen molar-refractivity contribution in [2.45, 2.75) is 32.2 Å². The molecule has 5 heteroatoms. The van der Waals surface area contributed by atoms with Crippen LogP contribution in [0.4, 0.5) is 0 Å². The van der Waals surface area contributed by atoms with Gasteiger partial charge in [0.15, 0.2) is 0 Å². The molecule has 0 aromatic heterocycles. The van der Waals surface area contributed by atoms with Crippen LogP contribution in [-0.4, -0.2) is 58.5 Å². The summed E-state index contributed by atoms with van der Waals surface area (Å²) in [6, 6.07) is 0. The first-order chi connectivity index (χ1) is 7.43. The second-order valence-corrected chi connectivity index (χ2v) is 5.43. The Hall–Kier alpha value is -0.260. The SMILES string of the molecule is CC(C)C(O)C(=O)N1CCN(C(C)S)CC1. The average Bonchev–Trinajstić information content (AvgIpc) is 2.27. The third-order valence-electron chi connectivity index (χ3n) is 3.04. The summed E-state index contributed by atoms with van der Waals surface area (Å²) in [5, 5.41) is 9.93. The van der Waals surface area contributed by atoms with E-state index in [9.17, 15) is 9.90 Å². The lowest BCUT2D eigenvalue weighted by molar-refractivity contribution is -0.144. The lowest BCUT2D eigenvalue weighted by atomic mass is 10.1. The van der Waals surface area contributed by atoms with Crippen LogP contribution in [-0.2, 0) is 4.79 Å². The van der Waals surface area contributed by atoms with E-state index in [4.69, 9.17) is 0 Å². The Morgan fingerprint density at radius 2 is 1.69 bits per heavy atom. The minimum absolute atomic E-state index is 0.0191. The summed E-state index contributed by atoms with van der Waals surface area (Å²) < 4.78 is 0. The van der Waals surface area contributed by atoms with Gasteiger partial charge in [-0.05, 0) is 12.8 Å². The summed E-state index contributed by atoms with van der Waals surface area (Å²) in [7, 11) is 0. The van der Waals surface area contributed by atoms with E-state index in [1.165, 1.54) is 0 Å². The van der Waals surface area contributed by atoms with Crippen molar-refractivity contribution in [1.29, 1.82) is 0 Å². The zero-order chi connectivity index (χ0) is 12.3. The molecule has 0 aliphatic carbocycles. The molecule has 1 rings (SSSR count). The minimum Gasteiger partial charge on any atom is -0.383 e. The predicted molar refractivity (Wildman–Crippen MR) is 67.4 cm³/mol. The number of piperazine rings is 1. The Kier molecular flexibility index (Phi) is 5.08. The molecule has 0 aromatic rings. The van der Waals surface area contributed by atoms with Crippen LogP contribution < -0.4 is 0 Å². The molecule has 0 saturated carbocycles. The van der Waals surface area contributed by atoms with E-state index in [-0.39, 0.29) is 17.2 Å². The summed E-state index contributed by atoms with van der Waals surface area (Å²) in [6.45, 7) is 8.79. The smallest absolute Gasteiger partial charge is 0.251 e. The lowest BCUT2D eigenvalue weighted by Crippen LogP contribution is -2.53. The van der Waals surface area contributed by atoms with Gasteiger partial charge in [-0.3, -0.25) is 9.69 Å². The average molecular weight is 246 g/mol. The van der Waals surface area contributed by atoms with Gasteiger partial charge in [0.2, 0.25) is 0 Å². The normalized spacial score (nSPS) is 22.2. The number of hydrogen-bond acceptors (Lipinski definition) is 4. The monoisotopic (exact) mass is 246 g/mol. The predicted octanol–water partition coefficient (Wildman–Crippen LogP) is 0.423. The van der Waals surface area contributed by atoms with Crippen molar-refractivity contribution in [3.8, 4) is 0 Å². The van der Waals surface area contributed by atoms with Crippen LogP contribution >= 0.6 is 12.6 Å². The van der Waals surface area contributed by atoms with Gasteiger partial charge in [0, 0.05) is 26.2 Å². The molecule has 0 aromatic carbocycles. The molecule has 1 amide bonds. The molecule has 1 fully saturated rings. The number of thiol groups is 1. The Morgan fingerprint density at radius 3 is 2.06 bits per heavy atom. The number of carbonyl (C=O) groups is 1. The first-order valence-corrected chi connectivity index (χ1v) is 6.34. The fourth-order valence-electron chi connectivity index (χ4n) is 1.79. The Bertz CT molecular complexity index is 238. The van der Waals surface area contributed by atoms with Crippen molar-refractivity contribution in [3.05, 3.63) is 0 Å². The number of aliphatic hydroxyl groups is 1. The van der Waals surface area contributed by atoms with Crippen LogP contribution in [0, 0.1) is 5.92 Å². The molecule has 1 heterocycles. The van der Waals surface area contributed by atoms with Gasteiger partial charge in [-0.15, -0.1) is 0 Å². The third-order valence-corrected chi connectivity index (χ3v) is 3.37. The summed E-state index contributed by atoms with van der Waals surface area (Å²) in [4.78, 5) is 15.8. The molecule has 0 bridgehead atoms. The van der Waals surface area contributed by atoms with Crippen molar-refractivity contribution in [2.75, 3.05) is 26.2 Å². The van der Waals surface area contributed by atoms with Crippen molar-refractivity contribution in [1.82, 2.24) is 9.80 Å². The highest BCUT2D eigenvalue weighted by atomic mass is 32.1. The largest absolute Gasteiger partial charge is 0.383 e. The van der Waals surface area contributed by atoms with E-state index in [1.54, 1.807) is 4.90 Å². The maximum absolute atomic E-state index is 11.9. The maximum atomic E-state index is 11.9. The van der Waals surface area contributed by atoms with Gasteiger partial charge >= 0.3 is 0 Å². The standard InChI is InChI=1S/C11H22N2O2S/c1-8(2)10(14)11(15)13-6-4-12(5-7-13)9(3)16/h8-10,14,16H,4-7H2,1-3H3. The van der Waals surface area contributed by atoms with Gasteiger partial charge in [0.1, 0.15) is 6.10 Å². The molecule has 0 radical (unpaired) electrons. The van der Waals surface area contributed by atoms with Gasteiger partial charge in [0.25, 0.3) is 5.91 Å². The first kappa shape index (κ1) is 13.8. The lowest BCUT2D eigenvalue weighted by Gasteiger charge is -2.37. The van der Waals surface area contributed by atoms with Crippen LogP contribution in [0.15, 0.2) is 0 Å². The Morgan fingerprint density at radius 1 is 1.19 bits per heavy atom. The van der Waals surface area contributed by atoms with Crippen LogP contribution in [0.1, 0.15) is 20.8 Å². The summed E-state index contributed by atoms with van der Waals surface area (Å²) >= 11 is 4.37. The van der Waals surface area contributed by atoms with Gasteiger partial charge in [-0.2, -0.15) is 12.6 Å². The summed E-state index contributed by atoms with van der Waals surface area (Å²) in [5.74, 6) is -0.157. The number of nitrogens with zero attached hydrogens (tertiary/aromatic N) is 2. The molecule has 2 unspecified atom stereocenters. The summed E-state index contributed by atoms with van der Waals surface area (Å²) in [5.41, 5.74) is 0. The van der Waals surface area contributed by atoms with Gasteiger partial charge in [0.05, 0.1) is 5.37 Å². The highest BCUT2D eigenvalue weighted by molar-refractivity contribution is 7.80. The number of rotatable bonds is 3. The second-order valence-electron chi connectivity index (χ2n) is 4.68. The number of carbonyl (C=O) groups excluding carboxylic acids is 1. The van der Waals surface area contributed by atoms with Crippen LogP contribution in [0.5, 0.6) is 0 Å². The molecule has 1 saturated heterocycles. The van der Waals surface area contributed by atoms with Crippen LogP contribution in [0.3, 0.4) is 0 Å². The van der Waals surface area contributed by atoms with E-state index < -0.39 is 6.10 Å². The van der Waals surface area contributed by atoms with Crippen LogP contribution in [0.25, 0.3) is 0 Å². The highest BCUT2D eigenvalue weighted by Crippen LogP contribution is 2.12. The van der Waals surface area contributed by atoms with Crippen molar-refractivity contribution in [2.24, 2.45) is 5.92 Å². The topological polar surface area (TPSA) is 43.8 Å². The second kappa shape index (κ2) is 5.89. The fourth-order valence-corrected chi connectivity index (χ4v) is 2.02. The molecule has 1 aliphatic rings. The minimum atomic E-state index is -0.861. The fraction of sp³-hybridized carbons (Fsp3) is 0.909. The molecular weight excluding hydrogens is 224 g/mol. The quantitative estimate of drug-likeness (QED) is 0.710.